The minimum Gasteiger partial charge on any atom is -0.465 e. The standard InChI is InChI=1S/C27H34F3NO2/c1-4-14-26(5-2,25(32)33-6-3)23-18-21(19-10-8-7-9-11-19)17-22(24(23)27(28,29)30)20-12-15-31-16-13-20/h7-11,17-18,20,31H,4-6,12-16H2,1-3H3. The van der Waals surface area contributed by atoms with E-state index in [4.69, 9.17) is 4.74 Å². The van der Waals surface area contributed by atoms with Crippen LogP contribution in [0.25, 0.3) is 11.1 Å². The fourth-order valence-electron chi connectivity index (χ4n) is 5.16. The largest absolute Gasteiger partial charge is 0.465 e. The van der Waals surface area contributed by atoms with Gasteiger partial charge in [0.15, 0.2) is 0 Å². The second-order valence-corrected chi connectivity index (χ2v) is 8.78. The van der Waals surface area contributed by atoms with Crippen molar-refractivity contribution in [1.82, 2.24) is 5.32 Å². The highest BCUT2D eigenvalue weighted by Crippen LogP contribution is 2.48. The summed E-state index contributed by atoms with van der Waals surface area (Å²) in [6.45, 7) is 6.86. The maximum Gasteiger partial charge on any atom is 0.416 e. The number of hydrogen-bond acceptors (Lipinski definition) is 3. The summed E-state index contributed by atoms with van der Waals surface area (Å²) in [5.74, 6) is -0.787. The number of hydrogen-bond donors (Lipinski definition) is 1. The van der Waals surface area contributed by atoms with Crippen LogP contribution in [0.1, 0.15) is 75.5 Å². The molecule has 6 heteroatoms. The van der Waals surface area contributed by atoms with Gasteiger partial charge in [0.2, 0.25) is 0 Å². The molecule has 0 aromatic heterocycles. The molecule has 2 aromatic rings. The lowest BCUT2D eigenvalue weighted by atomic mass is 9.69. The zero-order chi connectivity index (χ0) is 24.1. The Morgan fingerprint density at radius 1 is 1.03 bits per heavy atom. The minimum absolute atomic E-state index is 0.0627. The number of alkyl halides is 3. The molecule has 180 valence electrons. The summed E-state index contributed by atoms with van der Waals surface area (Å²) in [5, 5.41) is 3.24. The van der Waals surface area contributed by atoms with Crippen molar-refractivity contribution in [1.29, 1.82) is 0 Å². The zero-order valence-corrected chi connectivity index (χ0v) is 19.7. The molecule has 3 rings (SSSR count). The first-order valence-corrected chi connectivity index (χ1v) is 12.0. The van der Waals surface area contributed by atoms with Gasteiger partial charge >= 0.3 is 12.1 Å². The maximum atomic E-state index is 14.8. The Hall–Kier alpha value is -2.34. The summed E-state index contributed by atoms with van der Waals surface area (Å²) >= 11 is 0. The molecular weight excluding hydrogens is 427 g/mol. The van der Waals surface area contributed by atoms with E-state index in [1.165, 1.54) is 0 Å². The van der Waals surface area contributed by atoms with E-state index >= 15 is 0 Å². The second-order valence-electron chi connectivity index (χ2n) is 8.78. The molecule has 1 aliphatic heterocycles. The van der Waals surface area contributed by atoms with Crippen molar-refractivity contribution >= 4 is 5.97 Å². The number of carbonyl (C=O) groups excluding carboxylic acids is 1. The molecule has 2 aromatic carbocycles. The molecule has 3 nitrogen and oxygen atoms in total. The van der Waals surface area contributed by atoms with Gasteiger partial charge in [-0.2, -0.15) is 13.2 Å². The maximum absolute atomic E-state index is 14.8. The SMILES string of the molecule is CCCC(CC)(C(=O)OCC)c1cc(-c2ccccc2)cc(C2CCNCC2)c1C(F)(F)F. The molecule has 1 N–H and O–H groups in total. The third kappa shape index (κ3) is 5.26. The normalized spacial score (nSPS) is 16.9. The number of esters is 1. The molecule has 0 bridgehead atoms. The van der Waals surface area contributed by atoms with Gasteiger partial charge in [-0.25, -0.2) is 0 Å². The van der Waals surface area contributed by atoms with E-state index in [9.17, 15) is 18.0 Å². The quantitative estimate of drug-likeness (QED) is 0.437. The minimum atomic E-state index is -4.58. The van der Waals surface area contributed by atoms with Gasteiger partial charge in [-0.3, -0.25) is 4.79 Å². The molecule has 1 aliphatic rings. The van der Waals surface area contributed by atoms with Gasteiger partial charge in [-0.15, -0.1) is 0 Å². The lowest BCUT2D eigenvalue weighted by Gasteiger charge is -2.36. The van der Waals surface area contributed by atoms with Crippen molar-refractivity contribution in [3.8, 4) is 11.1 Å². The number of benzene rings is 2. The molecule has 0 radical (unpaired) electrons. The highest BCUT2D eigenvalue weighted by atomic mass is 19.4. The number of carbonyl (C=O) groups is 1. The Labute approximate surface area is 194 Å². The van der Waals surface area contributed by atoms with Crippen LogP contribution in [0.5, 0.6) is 0 Å². The Balaban J connectivity index is 2.39. The Morgan fingerprint density at radius 3 is 2.24 bits per heavy atom. The van der Waals surface area contributed by atoms with Gasteiger partial charge in [0.05, 0.1) is 17.6 Å². The molecule has 1 atom stereocenters. The van der Waals surface area contributed by atoms with Crippen LogP contribution in [0.2, 0.25) is 0 Å². The number of nitrogens with one attached hydrogen (secondary N) is 1. The van der Waals surface area contributed by atoms with E-state index in [1.807, 2.05) is 37.3 Å². The predicted molar refractivity (Wildman–Crippen MR) is 125 cm³/mol. The molecule has 0 aliphatic carbocycles. The van der Waals surface area contributed by atoms with Crippen molar-refractivity contribution < 1.29 is 22.7 Å². The van der Waals surface area contributed by atoms with Gasteiger partial charge in [-0.05, 0) is 79.9 Å². The van der Waals surface area contributed by atoms with Crippen molar-refractivity contribution in [3.05, 3.63) is 59.2 Å². The van der Waals surface area contributed by atoms with Gasteiger partial charge in [0.25, 0.3) is 0 Å². The number of halogens is 3. The van der Waals surface area contributed by atoms with E-state index < -0.39 is 23.1 Å². The number of piperidine rings is 1. The van der Waals surface area contributed by atoms with Gasteiger partial charge < -0.3 is 10.1 Å². The Kier molecular flexibility index (Phi) is 8.22. The third-order valence-corrected chi connectivity index (χ3v) is 6.80. The summed E-state index contributed by atoms with van der Waals surface area (Å²) in [6, 6.07) is 12.7. The van der Waals surface area contributed by atoms with E-state index in [-0.39, 0.29) is 24.5 Å². The first-order valence-electron chi connectivity index (χ1n) is 12.0. The van der Waals surface area contributed by atoms with Crippen LogP contribution < -0.4 is 5.32 Å². The molecule has 1 saturated heterocycles. The van der Waals surface area contributed by atoms with Crippen molar-refractivity contribution in [2.45, 2.75) is 70.4 Å². The monoisotopic (exact) mass is 461 g/mol. The molecular formula is C27H34F3NO2. The predicted octanol–water partition coefficient (Wildman–Crippen LogP) is 6.85. The summed E-state index contributed by atoms with van der Waals surface area (Å²) in [4.78, 5) is 13.3. The highest BCUT2D eigenvalue weighted by Gasteiger charge is 2.48. The fourth-order valence-corrected chi connectivity index (χ4v) is 5.16. The van der Waals surface area contributed by atoms with Crippen molar-refractivity contribution in [2.24, 2.45) is 0 Å². The van der Waals surface area contributed by atoms with Crippen LogP contribution in [0.4, 0.5) is 13.2 Å². The summed E-state index contributed by atoms with van der Waals surface area (Å²) in [7, 11) is 0. The second kappa shape index (κ2) is 10.7. The number of rotatable bonds is 8. The van der Waals surface area contributed by atoms with Crippen LogP contribution in [0, 0.1) is 0 Å². The average molecular weight is 462 g/mol. The van der Waals surface area contributed by atoms with E-state index in [2.05, 4.69) is 5.32 Å². The van der Waals surface area contributed by atoms with Gasteiger partial charge in [-0.1, -0.05) is 56.7 Å². The molecule has 1 fully saturated rings. The smallest absolute Gasteiger partial charge is 0.416 e. The molecule has 0 spiro atoms. The van der Waals surface area contributed by atoms with Crippen molar-refractivity contribution in [3.63, 3.8) is 0 Å². The van der Waals surface area contributed by atoms with Crippen LogP contribution in [-0.4, -0.2) is 25.7 Å². The topological polar surface area (TPSA) is 38.3 Å². The van der Waals surface area contributed by atoms with E-state index in [1.54, 1.807) is 26.0 Å². The van der Waals surface area contributed by atoms with Gasteiger partial charge in [0, 0.05) is 0 Å². The summed E-state index contributed by atoms with van der Waals surface area (Å²) in [6.07, 6.45) is -2.20. The van der Waals surface area contributed by atoms with E-state index in [0.717, 1.165) is 5.56 Å². The molecule has 0 amide bonds. The third-order valence-electron chi connectivity index (χ3n) is 6.80. The van der Waals surface area contributed by atoms with Crippen LogP contribution in [0.15, 0.2) is 42.5 Å². The van der Waals surface area contributed by atoms with E-state index in [0.29, 0.717) is 49.9 Å². The van der Waals surface area contributed by atoms with Crippen LogP contribution in [-0.2, 0) is 21.1 Å². The zero-order valence-electron chi connectivity index (χ0n) is 19.7. The lowest BCUT2D eigenvalue weighted by molar-refractivity contribution is -0.152. The van der Waals surface area contributed by atoms with Gasteiger partial charge in [0.1, 0.15) is 0 Å². The Morgan fingerprint density at radius 2 is 1.70 bits per heavy atom. The molecule has 1 heterocycles. The summed E-state index contributed by atoms with van der Waals surface area (Å²) in [5.41, 5.74) is -0.0655. The average Bonchev–Trinajstić information content (AvgIpc) is 2.82. The molecule has 1 unspecified atom stereocenters. The molecule has 0 saturated carbocycles. The first-order chi connectivity index (χ1) is 15.8. The van der Waals surface area contributed by atoms with Crippen LogP contribution in [0.3, 0.4) is 0 Å². The number of ether oxygens (including phenoxy) is 1. The summed E-state index contributed by atoms with van der Waals surface area (Å²) < 4.78 is 49.7. The van der Waals surface area contributed by atoms with Crippen molar-refractivity contribution in [2.75, 3.05) is 19.7 Å². The highest BCUT2D eigenvalue weighted by molar-refractivity contribution is 5.85. The Bertz CT molecular complexity index is 936. The molecule has 33 heavy (non-hydrogen) atoms. The lowest BCUT2D eigenvalue weighted by Crippen LogP contribution is -2.39. The fraction of sp³-hybridized carbons (Fsp3) is 0.519. The first kappa shape index (κ1) is 25.3. The van der Waals surface area contributed by atoms with Crippen LogP contribution >= 0.6 is 0 Å².